The van der Waals surface area contributed by atoms with Crippen molar-refractivity contribution in [3.63, 3.8) is 0 Å². The lowest BCUT2D eigenvalue weighted by Crippen LogP contribution is -2.34. The van der Waals surface area contributed by atoms with Gasteiger partial charge < -0.3 is 5.32 Å². The normalized spacial score (nSPS) is 10.7. The van der Waals surface area contributed by atoms with Gasteiger partial charge in [0.2, 0.25) is 5.91 Å². The molecule has 0 aliphatic rings. The number of nitro groups is 1. The summed E-state index contributed by atoms with van der Waals surface area (Å²) in [7, 11) is 0. The summed E-state index contributed by atoms with van der Waals surface area (Å²) in [6.45, 7) is 6.09. The summed E-state index contributed by atoms with van der Waals surface area (Å²) in [6, 6.07) is 4.23. The van der Waals surface area contributed by atoms with E-state index < -0.39 is 4.92 Å². The van der Waals surface area contributed by atoms with Gasteiger partial charge in [-0.1, -0.05) is 25.4 Å². The largest absolute Gasteiger partial charge is 0.325 e. The number of hydrogen-bond donors (Lipinski definition) is 1. The monoisotopic (exact) mass is 313 g/mol. The second kappa shape index (κ2) is 8.59. The highest BCUT2D eigenvalue weighted by atomic mass is 35.5. The number of carbonyl (C=O) groups is 1. The van der Waals surface area contributed by atoms with Crippen LogP contribution in [0.4, 0.5) is 11.4 Å². The number of hydrogen-bond acceptors (Lipinski definition) is 4. The van der Waals surface area contributed by atoms with E-state index in [1.807, 2.05) is 0 Å². The highest BCUT2D eigenvalue weighted by molar-refractivity contribution is 6.32. The molecule has 1 amide bonds. The van der Waals surface area contributed by atoms with E-state index in [1.54, 1.807) is 6.07 Å². The Bertz CT molecular complexity index is 502. The molecule has 21 heavy (non-hydrogen) atoms. The Kier molecular flexibility index (Phi) is 7.11. The van der Waals surface area contributed by atoms with Crippen LogP contribution in [0.3, 0.4) is 0 Å². The SMILES string of the molecule is CCCN(CCC)CC(=O)Nc1ccc(Cl)c([N+](=O)[O-])c1. The standard InChI is InChI=1S/C14H20ClN3O3/c1-3-7-17(8-4-2)10-14(19)16-11-5-6-12(15)13(9-11)18(20)21/h5-6,9H,3-4,7-8,10H2,1-2H3,(H,16,19). The van der Waals surface area contributed by atoms with Gasteiger partial charge in [-0.2, -0.15) is 0 Å². The van der Waals surface area contributed by atoms with Crippen LogP contribution in [0.5, 0.6) is 0 Å². The topological polar surface area (TPSA) is 75.5 Å². The third-order valence-electron chi connectivity index (χ3n) is 2.87. The number of nitrogens with zero attached hydrogens (tertiary/aromatic N) is 2. The predicted molar refractivity (Wildman–Crippen MR) is 83.8 cm³/mol. The third-order valence-corrected chi connectivity index (χ3v) is 3.19. The molecule has 0 unspecified atom stereocenters. The van der Waals surface area contributed by atoms with Crippen LogP contribution in [-0.2, 0) is 4.79 Å². The molecule has 0 spiro atoms. The van der Waals surface area contributed by atoms with Gasteiger partial charge in [-0.15, -0.1) is 0 Å². The molecule has 0 aromatic heterocycles. The van der Waals surface area contributed by atoms with Gasteiger partial charge in [0.25, 0.3) is 5.69 Å². The van der Waals surface area contributed by atoms with Gasteiger partial charge in [0.15, 0.2) is 0 Å². The summed E-state index contributed by atoms with van der Waals surface area (Å²) in [5.74, 6) is -0.187. The van der Waals surface area contributed by atoms with Crippen LogP contribution in [0.1, 0.15) is 26.7 Å². The van der Waals surface area contributed by atoms with E-state index in [0.717, 1.165) is 25.9 Å². The summed E-state index contributed by atoms with van der Waals surface area (Å²) < 4.78 is 0. The molecule has 0 bridgehead atoms. The molecular formula is C14H20ClN3O3. The fourth-order valence-electron chi connectivity index (χ4n) is 2.04. The van der Waals surface area contributed by atoms with Crippen LogP contribution in [0.2, 0.25) is 5.02 Å². The first kappa shape index (κ1) is 17.4. The van der Waals surface area contributed by atoms with Crippen LogP contribution < -0.4 is 5.32 Å². The Morgan fingerprint density at radius 1 is 1.33 bits per heavy atom. The molecule has 1 aromatic rings. The summed E-state index contributed by atoms with van der Waals surface area (Å²) in [6.07, 6.45) is 1.94. The molecule has 7 heteroatoms. The predicted octanol–water partition coefficient (Wildman–Crippen LogP) is 3.31. The number of halogens is 1. The van der Waals surface area contributed by atoms with Crippen LogP contribution >= 0.6 is 11.6 Å². The highest BCUT2D eigenvalue weighted by Gasteiger charge is 2.15. The van der Waals surface area contributed by atoms with E-state index in [0.29, 0.717) is 5.69 Å². The highest BCUT2D eigenvalue weighted by Crippen LogP contribution is 2.27. The van der Waals surface area contributed by atoms with Crippen molar-refractivity contribution in [2.75, 3.05) is 25.0 Å². The van der Waals surface area contributed by atoms with Crippen molar-refractivity contribution in [3.05, 3.63) is 33.3 Å². The quantitative estimate of drug-likeness (QED) is 0.590. The van der Waals surface area contributed by atoms with Gasteiger partial charge in [0.05, 0.1) is 11.5 Å². The third kappa shape index (κ3) is 5.69. The Morgan fingerprint density at radius 3 is 2.48 bits per heavy atom. The molecule has 116 valence electrons. The zero-order chi connectivity index (χ0) is 15.8. The number of benzene rings is 1. The Hall–Kier alpha value is -1.66. The first-order chi connectivity index (χ1) is 9.97. The van der Waals surface area contributed by atoms with Gasteiger partial charge in [-0.05, 0) is 38.1 Å². The molecule has 1 rings (SSSR count). The van der Waals surface area contributed by atoms with E-state index in [-0.39, 0.29) is 23.2 Å². The summed E-state index contributed by atoms with van der Waals surface area (Å²) in [5.41, 5.74) is 0.164. The molecule has 1 aromatic carbocycles. The van der Waals surface area contributed by atoms with E-state index in [2.05, 4.69) is 24.1 Å². The molecule has 0 saturated carbocycles. The van der Waals surface area contributed by atoms with Gasteiger partial charge in [-0.25, -0.2) is 0 Å². The van der Waals surface area contributed by atoms with Crippen LogP contribution in [-0.4, -0.2) is 35.4 Å². The first-order valence-electron chi connectivity index (χ1n) is 6.94. The van der Waals surface area contributed by atoms with E-state index in [4.69, 9.17) is 11.6 Å². The lowest BCUT2D eigenvalue weighted by atomic mass is 10.2. The maximum Gasteiger partial charge on any atom is 0.289 e. The number of anilines is 1. The summed E-state index contributed by atoms with van der Waals surface area (Å²) in [5, 5.41) is 13.5. The van der Waals surface area contributed by atoms with Crippen molar-refractivity contribution in [1.82, 2.24) is 4.90 Å². The number of nitrogens with one attached hydrogen (secondary N) is 1. The maximum atomic E-state index is 12.0. The van der Waals surface area contributed by atoms with Crippen molar-refractivity contribution in [1.29, 1.82) is 0 Å². The molecule has 0 heterocycles. The summed E-state index contributed by atoms with van der Waals surface area (Å²) >= 11 is 5.73. The van der Waals surface area contributed by atoms with Gasteiger partial charge in [0.1, 0.15) is 5.02 Å². The molecule has 0 saturated heterocycles. The zero-order valence-electron chi connectivity index (χ0n) is 12.3. The Balaban J connectivity index is 2.69. The van der Waals surface area contributed by atoms with E-state index in [9.17, 15) is 14.9 Å². The molecule has 6 nitrogen and oxygen atoms in total. The first-order valence-corrected chi connectivity index (χ1v) is 7.31. The number of rotatable bonds is 8. The molecule has 0 fully saturated rings. The van der Waals surface area contributed by atoms with E-state index in [1.165, 1.54) is 12.1 Å². The smallest absolute Gasteiger partial charge is 0.289 e. The zero-order valence-corrected chi connectivity index (χ0v) is 13.0. The van der Waals surface area contributed by atoms with Crippen LogP contribution in [0.25, 0.3) is 0 Å². The minimum absolute atomic E-state index is 0.0524. The lowest BCUT2D eigenvalue weighted by Gasteiger charge is -2.20. The van der Waals surface area contributed by atoms with Crippen molar-refractivity contribution in [3.8, 4) is 0 Å². The molecule has 0 radical (unpaired) electrons. The van der Waals surface area contributed by atoms with Crippen molar-refractivity contribution in [2.24, 2.45) is 0 Å². The molecule has 1 N–H and O–H groups in total. The van der Waals surface area contributed by atoms with Gasteiger partial charge in [-0.3, -0.25) is 19.8 Å². The Labute approximate surface area is 129 Å². The molecule has 0 aliphatic heterocycles. The average Bonchev–Trinajstić information content (AvgIpc) is 2.41. The minimum atomic E-state index is -0.571. The van der Waals surface area contributed by atoms with Crippen LogP contribution in [0, 0.1) is 10.1 Å². The number of amides is 1. The summed E-state index contributed by atoms with van der Waals surface area (Å²) in [4.78, 5) is 24.3. The minimum Gasteiger partial charge on any atom is -0.325 e. The fourth-order valence-corrected chi connectivity index (χ4v) is 2.22. The molecule has 0 atom stereocenters. The Morgan fingerprint density at radius 2 is 1.95 bits per heavy atom. The second-order valence-electron chi connectivity index (χ2n) is 4.75. The molecule has 0 aliphatic carbocycles. The van der Waals surface area contributed by atoms with Crippen LogP contribution in [0.15, 0.2) is 18.2 Å². The fraction of sp³-hybridized carbons (Fsp3) is 0.500. The van der Waals surface area contributed by atoms with Gasteiger partial charge >= 0.3 is 0 Å². The molecular weight excluding hydrogens is 294 g/mol. The maximum absolute atomic E-state index is 12.0. The van der Waals surface area contributed by atoms with E-state index >= 15 is 0 Å². The number of carbonyl (C=O) groups excluding carboxylic acids is 1. The average molecular weight is 314 g/mol. The lowest BCUT2D eigenvalue weighted by molar-refractivity contribution is -0.384. The van der Waals surface area contributed by atoms with Gasteiger partial charge in [0, 0.05) is 11.8 Å². The van der Waals surface area contributed by atoms with Crippen molar-refractivity contribution >= 4 is 28.9 Å². The number of nitro benzene ring substituents is 1. The van der Waals surface area contributed by atoms with Crippen molar-refractivity contribution in [2.45, 2.75) is 26.7 Å². The second-order valence-corrected chi connectivity index (χ2v) is 5.15. The van der Waals surface area contributed by atoms with Crippen molar-refractivity contribution < 1.29 is 9.72 Å².